The number of halogens is 3. The third kappa shape index (κ3) is 5.80. The van der Waals surface area contributed by atoms with E-state index in [9.17, 15) is 13.2 Å². The molecule has 0 aliphatic heterocycles. The van der Waals surface area contributed by atoms with Crippen molar-refractivity contribution >= 4 is 11.9 Å². The summed E-state index contributed by atoms with van der Waals surface area (Å²) in [4.78, 5) is 0. The van der Waals surface area contributed by atoms with Crippen molar-refractivity contribution in [3.8, 4) is 5.75 Å². The van der Waals surface area contributed by atoms with E-state index < -0.39 is 6.36 Å². The zero-order chi connectivity index (χ0) is 14.3. The highest BCUT2D eigenvalue weighted by Gasteiger charge is 2.30. The molecule has 1 rings (SSSR count). The number of hydrogen-bond donors (Lipinski definition) is 2. The number of rotatable bonds is 6. The Kier molecular flexibility index (Phi) is 5.23. The molecule has 1 aromatic carbocycles. The average Bonchev–Trinajstić information content (AvgIpc) is 2.34. The number of allylic oxidation sites excluding steroid dienone is 1. The van der Waals surface area contributed by atoms with Crippen LogP contribution in [0, 0.1) is 5.41 Å². The second-order valence-electron chi connectivity index (χ2n) is 3.34. The van der Waals surface area contributed by atoms with E-state index in [2.05, 4.69) is 10.1 Å². The summed E-state index contributed by atoms with van der Waals surface area (Å²) in [6.45, 7) is 2.20. The van der Waals surface area contributed by atoms with E-state index in [0.29, 0.717) is 18.1 Å². The van der Waals surface area contributed by atoms with Crippen molar-refractivity contribution in [3.05, 3.63) is 36.2 Å². The quantitative estimate of drug-likeness (QED) is 0.616. The summed E-state index contributed by atoms with van der Waals surface area (Å²) < 4.78 is 44.6. The van der Waals surface area contributed by atoms with Crippen LogP contribution in [0.5, 0.6) is 5.75 Å². The predicted molar refractivity (Wildman–Crippen MR) is 65.2 cm³/mol. The first-order chi connectivity index (χ1) is 8.94. The van der Waals surface area contributed by atoms with Crippen molar-refractivity contribution in [2.24, 2.45) is 0 Å². The molecule has 0 radical (unpaired) electrons. The number of benzene rings is 1. The Hall–Kier alpha value is -2.18. The molecule has 1 aromatic rings. The topological polar surface area (TPSA) is 54.3 Å². The lowest BCUT2D eigenvalue weighted by molar-refractivity contribution is -0.274. The smallest absolute Gasteiger partial charge is 0.491 e. The third-order valence-electron chi connectivity index (χ3n) is 1.92. The van der Waals surface area contributed by atoms with Gasteiger partial charge in [0.05, 0.1) is 12.8 Å². The molecule has 4 nitrogen and oxygen atoms in total. The van der Waals surface area contributed by atoms with Gasteiger partial charge in [-0.1, -0.05) is 0 Å². The first-order valence-electron chi connectivity index (χ1n) is 5.40. The van der Waals surface area contributed by atoms with E-state index in [1.165, 1.54) is 30.5 Å². The van der Waals surface area contributed by atoms with Gasteiger partial charge in [-0.25, -0.2) is 0 Å². The largest absolute Gasteiger partial charge is 0.573 e. The summed E-state index contributed by atoms with van der Waals surface area (Å²) >= 11 is 0. The van der Waals surface area contributed by atoms with Gasteiger partial charge in [-0.15, -0.1) is 13.2 Å². The van der Waals surface area contributed by atoms with Gasteiger partial charge in [0.25, 0.3) is 0 Å². The van der Waals surface area contributed by atoms with Gasteiger partial charge in [-0.2, -0.15) is 0 Å². The molecule has 104 valence electrons. The average molecular weight is 274 g/mol. The van der Waals surface area contributed by atoms with Crippen molar-refractivity contribution in [1.82, 2.24) is 0 Å². The van der Waals surface area contributed by atoms with Gasteiger partial charge in [0, 0.05) is 11.9 Å². The van der Waals surface area contributed by atoms with Crippen molar-refractivity contribution in [2.45, 2.75) is 13.3 Å². The summed E-state index contributed by atoms with van der Waals surface area (Å²) in [7, 11) is 0. The summed E-state index contributed by atoms with van der Waals surface area (Å²) in [5.74, 6) is 0.0252. The van der Waals surface area contributed by atoms with Crippen LogP contribution in [0.3, 0.4) is 0 Å². The molecule has 0 aliphatic carbocycles. The Balaban J connectivity index is 2.64. The fourth-order valence-electron chi connectivity index (χ4n) is 1.20. The number of hydrogen-bond acceptors (Lipinski definition) is 4. The van der Waals surface area contributed by atoms with Crippen LogP contribution < -0.4 is 10.1 Å². The lowest BCUT2D eigenvalue weighted by Crippen LogP contribution is -2.16. The van der Waals surface area contributed by atoms with Gasteiger partial charge in [0.15, 0.2) is 5.76 Å². The van der Waals surface area contributed by atoms with Gasteiger partial charge in [-0.3, -0.25) is 0 Å². The molecule has 7 heteroatoms. The summed E-state index contributed by atoms with van der Waals surface area (Å²) in [6.07, 6.45) is -2.23. The molecule has 2 N–H and O–H groups in total. The minimum Gasteiger partial charge on any atom is -0.491 e. The Morgan fingerprint density at radius 3 is 2.42 bits per heavy atom. The molecule has 0 spiro atoms. The van der Waals surface area contributed by atoms with Crippen LogP contribution in [0.4, 0.5) is 18.9 Å². The van der Waals surface area contributed by atoms with E-state index in [4.69, 9.17) is 10.1 Å². The van der Waals surface area contributed by atoms with Crippen molar-refractivity contribution in [2.75, 3.05) is 11.9 Å². The van der Waals surface area contributed by atoms with Crippen LogP contribution in [0.25, 0.3) is 0 Å². The van der Waals surface area contributed by atoms with Crippen LogP contribution in [0.1, 0.15) is 6.92 Å². The summed E-state index contributed by atoms with van der Waals surface area (Å²) in [6, 6.07) is 5.22. The van der Waals surface area contributed by atoms with E-state index in [-0.39, 0.29) is 5.75 Å². The summed E-state index contributed by atoms with van der Waals surface area (Å²) in [5.41, 5.74) is 0.550. The maximum Gasteiger partial charge on any atom is 0.573 e. The third-order valence-corrected chi connectivity index (χ3v) is 1.92. The number of alkyl halides is 3. The highest BCUT2D eigenvalue weighted by molar-refractivity contribution is 5.73. The molecule has 0 fully saturated rings. The first-order valence-corrected chi connectivity index (χ1v) is 5.40. The Labute approximate surface area is 108 Å². The Bertz CT molecular complexity index is 441. The molecule has 0 atom stereocenters. The zero-order valence-electron chi connectivity index (χ0n) is 10.1. The molecule has 0 heterocycles. The molecule has 0 unspecified atom stereocenters. The maximum absolute atomic E-state index is 11.9. The fraction of sp³-hybridized carbons (Fsp3) is 0.250. The predicted octanol–water partition coefficient (Wildman–Crippen LogP) is 3.52. The van der Waals surface area contributed by atoms with Gasteiger partial charge in [0.1, 0.15) is 5.75 Å². The highest BCUT2D eigenvalue weighted by Crippen LogP contribution is 2.23. The zero-order valence-corrected chi connectivity index (χ0v) is 10.1. The monoisotopic (exact) mass is 274 g/mol. The first kappa shape index (κ1) is 14.9. The minimum absolute atomic E-state index is 0.292. The van der Waals surface area contributed by atoms with E-state index in [1.807, 2.05) is 0 Å². The Morgan fingerprint density at radius 2 is 1.95 bits per heavy atom. The van der Waals surface area contributed by atoms with Crippen LogP contribution in [-0.4, -0.2) is 19.2 Å². The van der Waals surface area contributed by atoms with Crippen molar-refractivity contribution in [3.63, 3.8) is 0 Å². The standard InChI is InChI=1S/C12H13F3N2O2/c1-2-18-11(7-16)8-17-9-3-5-10(6-4-9)19-12(13,14)15/h3-8,16-17H,2H2,1H3/b11-8+,16-7?. The van der Waals surface area contributed by atoms with Crippen LogP contribution >= 0.6 is 0 Å². The molecular weight excluding hydrogens is 261 g/mol. The van der Waals surface area contributed by atoms with Crippen LogP contribution in [-0.2, 0) is 4.74 Å². The summed E-state index contributed by atoms with van der Waals surface area (Å²) in [5, 5.41) is 9.85. The van der Waals surface area contributed by atoms with Gasteiger partial charge >= 0.3 is 6.36 Å². The molecule has 0 amide bonds. The highest BCUT2D eigenvalue weighted by atomic mass is 19.4. The lowest BCUT2D eigenvalue weighted by atomic mass is 10.3. The lowest BCUT2D eigenvalue weighted by Gasteiger charge is -2.09. The number of ether oxygens (including phenoxy) is 2. The fourth-order valence-corrected chi connectivity index (χ4v) is 1.20. The van der Waals surface area contributed by atoms with Gasteiger partial charge in [0.2, 0.25) is 0 Å². The maximum atomic E-state index is 11.9. The van der Waals surface area contributed by atoms with Crippen LogP contribution in [0.2, 0.25) is 0 Å². The number of nitrogens with one attached hydrogen (secondary N) is 2. The second kappa shape index (κ2) is 6.67. The second-order valence-corrected chi connectivity index (χ2v) is 3.34. The molecule has 0 aliphatic rings. The number of anilines is 1. The van der Waals surface area contributed by atoms with Crippen molar-refractivity contribution < 1.29 is 22.6 Å². The minimum atomic E-state index is -4.70. The van der Waals surface area contributed by atoms with Crippen LogP contribution in [0.15, 0.2) is 36.2 Å². The molecule has 0 saturated heterocycles. The normalized spacial score (nSPS) is 11.9. The Morgan fingerprint density at radius 1 is 1.32 bits per heavy atom. The van der Waals surface area contributed by atoms with E-state index in [1.54, 1.807) is 6.92 Å². The van der Waals surface area contributed by atoms with Gasteiger partial charge < -0.3 is 20.2 Å². The van der Waals surface area contributed by atoms with Crippen molar-refractivity contribution in [1.29, 1.82) is 5.41 Å². The molecular formula is C12H13F3N2O2. The molecule has 0 bridgehead atoms. The SMILES string of the molecule is CCO/C(C=N)=C/Nc1ccc(OC(F)(F)F)cc1. The molecule has 19 heavy (non-hydrogen) atoms. The molecule has 0 saturated carbocycles. The van der Waals surface area contributed by atoms with E-state index in [0.717, 1.165) is 6.21 Å². The molecule has 0 aromatic heterocycles. The van der Waals surface area contributed by atoms with Gasteiger partial charge in [-0.05, 0) is 31.2 Å². The van der Waals surface area contributed by atoms with E-state index >= 15 is 0 Å².